The van der Waals surface area contributed by atoms with Crippen LogP contribution in [0.2, 0.25) is 0 Å². The van der Waals surface area contributed by atoms with Gasteiger partial charge < -0.3 is 15.0 Å². The number of hydrogen-bond acceptors (Lipinski definition) is 7. The quantitative estimate of drug-likeness (QED) is 0.396. The number of benzene rings is 1. The highest BCUT2D eigenvalue weighted by Crippen LogP contribution is 2.23. The molecular formula is C12H20N4O5S. The van der Waals surface area contributed by atoms with Gasteiger partial charge in [-0.15, -0.1) is 0 Å². The maximum atomic E-state index is 10.9. The Bertz CT molecular complexity index is 558. The van der Waals surface area contributed by atoms with E-state index in [1.165, 1.54) is 6.07 Å². The molecule has 1 unspecified atom stereocenters. The summed E-state index contributed by atoms with van der Waals surface area (Å²) >= 11 is 0. The number of nitro groups is 1. The number of nitro benzene ring substituents is 1. The Morgan fingerprint density at radius 3 is 2.73 bits per heavy atom. The molecule has 1 aliphatic rings. The SMILES string of the molecule is CN1CCOC(CNc2ccccc2[N+](=O)[O-])C1.N[SH](=O)=O. The molecule has 2 rings (SSSR count). The molecular weight excluding hydrogens is 312 g/mol. The lowest BCUT2D eigenvalue weighted by Gasteiger charge is -2.30. The Labute approximate surface area is 130 Å². The van der Waals surface area contributed by atoms with E-state index in [0.29, 0.717) is 18.8 Å². The van der Waals surface area contributed by atoms with E-state index in [-0.39, 0.29) is 16.7 Å². The number of anilines is 1. The zero-order valence-electron chi connectivity index (χ0n) is 12.2. The molecule has 1 fully saturated rings. The fraction of sp³-hybridized carbons (Fsp3) is 0.500. The molecule has 0 radical (unpaired) electrons. The first kappa shape index (κ1) is 18.3. The molecule has 1 aliphatic heterocycles. The molecule has 0 amide bonds. The maximum absolute atomic E-state index is 10.9. The summed E-state index contributed by atoms with van der Waals surface area (Å²) in [5, 5.41) is 18.0. The second-order valence-electron chi connectivity index (χ2n) is 4.70. The van der Waals surface area contributed by atoms with Crippen LogP contribution in [0.5, 0.6) is 0 Å². The minimum Gasteiger partial charge on any atom is -0.377 e. The molecule has 0 bridgehead atoms. The van der Waals surface area contributed by atoms with Gasteiger partial charge in [0.1, 0.15) is 5.69 Å². The van der Waals surface area contributed by atoms with Crippen molar-refractivity contribution < 1.29 is 18.1 Å². The third kappa shape index (κ3) is 6.80. The van der Waals surface area contributed by atoms with Gasteiger partial charge in [-0.3, -0.25) is 10.1 Å². The summed E-state index contributed by atoms with van der Waals surface area (Å²) in [5.74, 6) is 0. The molecule has 0 saturated carbocycles. The highest BCUT2D eigenvalue weighted by atomic mass is 32.2. The molecule has 0 aliphatic carbocycles. The maximum Gasteiger partial charge on any atom is 0.292 e. The zero-order chi connectivity index (χ0) is 16.5. The second-order valence-corrected chi connectivity index (χ2v) is 5.27. The van der Waals surface area contributed by atoms with Crippen LogP contribution in [0, 0.1) is 10.1 Å². The summed E-state index contributed by atoms with van der Waals surface area (Å²) in [6.45, 7) is 3.06. The molecule has 10 heteroatoms. The van der Waals surface area contributed by atoms with Crippen LogP contribution in [0.25, 0.3) is 0 Å². The average Bonchev–Trinajstić information content (AvgIpc) is 2.45. The van der Waals surface area contributed by atoms with E-state index in [1.54, 1.807) is 18.2 Å². The number of para-hydroxylation sites is 2. The van der Waals surface area contributed by atoms with E-state index in [9.17, 15) is 10.1 Å². The lowest BCUT2D eigenvalue weighted by atomic mass is 10.2. The number of nitrogens with zero attached hydrogens (tertiary/aromatic N) is 2. The number of morpholine rings is 1. The monoisotopic (exact) mass is 332 g/mol. The molecule has 9 nitrogen and oxygen atoms in total. The van der Waals surface area contributed by atoms with Gasteiger partial charge >= 0.3 is 0 Å². The lowest BCUT2D eigenvalue weighted by Crippen LogP contribution is -2.43. The number of rotatable bonds is 4. The summed E-state index contributed by atoms with van der Waals surface area (Å²) < 4.78 is 23.2. The van der Waals surface area contributed by atoms with Crippen molar-refractivity contribution in [2.75, 3.05) is 38.6 Å². The van der Waals surface area contributed by atoms with Crippen LogP contribution in [-0.4, -0.2) is 57.6 Å². The number of nitrogens with one attached hydrogen (secondary N) is 1. The standard InChI is InChI=1S/C12H17N3O3.H3NO2S/c1-14-6-7-18-10(9-14)8-13-11-4-2-3-5-12(11)15(16)17;1-4(2)3/h2-5,10,13H,6-9H2,1H3;4H,(H2,1,2,3). The molecule has 3 N–H and O–H groups in total. The van der Waals surface area contributed by atoms with Crippen LogP contribution in [0.4, 0.5) is 11.4 Å². The molecule has 1 heterocycles. The van der Waals surface area contributed by atoms with Gasteiger partial charge in [0.25, 0.3) is 5.69 Å². The molecule has 124 valence electrons. The Hall–Kier alpha value is -1.75. The first-order chi connectivity index (χ1) is 10.4. The van der Waals surface area contributed by atoms with Crippen LogP contribution in [-0.2, 0) is 15.6 Å². The van der Waals surface area contributed by atoms with Crippen molar-refractivity contribution in [3.63, 3.8) is 0 Å². The third-order valence-electron chi connectivity index (χ3n) is 2.96. The van der Waals surface area contributed by atoms with Gasteiger partial charge in [-0.05, 0) is 13.1 Å². The van der Waals surface area contributed by atoms with Gasteiger partial charge in [0.2, 0.25) is 0 Å². The smallest absolute Gasteiger partial charge is 0.292 e. The van der Waals surface area contributed by atoms with E-state index < -0.39 is 10.9 Å². The van der Waals surface area contributed by atoms with Crippen molar-refractivity contribution in [2.24, 2.45) is 5.14 Å². The van der Waals surface area contributed by atoms with Crippen molar-refractivity contribution in [3.8, 4) is 0 Å². The van der Waals surface area contributed by atoms with Gasteiger partial charge in [-0.25, -0.2) is 13.6 Å². The predicted molar refractivity (Wildman–Crippen MR) is 83.3 cm³/mol. The summed E-state index contributed by atoms with van der Waals surface area (Å²) in [5.41, 5.74) is 0.640. The fourth-order valence-corrected chi connectivity index (χ4v) is 2.00. The Balaban J connectivity index is 0.000000541. The third-order valence-corrected chi connectivity index (χ3v) is 2.96. The van der Waals surface area contributed by atoms with E-state index in [0.717, 1.165) is 13.1 Å². The molecule has 22 heavy (non-hydrogen) atoms. The first-order valence-corrected chi connectivity index (χ1v) is 7.81. The van der Waals surface area contributed by atoms with Crippen molar-refractivity contribution in [2.45, 2.75) is 6.10 Å². The predicted octanol–water partition coefficient (Wildman–Crippen LogP) is -0.191. The van der Waals surface area contributed by atoms with Crippen LogP contribution >= 0.6 is 0 Å². The summed E-state index contributed by atoms with van der Waals surface area (Å²) in [7, 11) is -0.578. The first-order valence-electron chi connectivity index (χ1n) is 6.56. The molecule has 0 aromatic heterocycles. The van der Waals surface area contributed by atoms with Crippen molar-refractivity contribution >= 4 is 22.3 Å². The minimum absolute atomic E-state index is 0.0727. The van der Waals surface area contributed by atoms with Gasteiger partial charge in [0.15, 0.2) is 10.9 Å². The lowest BCUT2D eigenvalue weighted by molar-refractivity contribution is -0.384. The largest absolute Gasteiger partial charge is 0.377 e. The van der Waals surface area contributed by atoms with Gasteiger partial charge in [-0.1, -0.05) is 12.1 Å². The molecule has 0 spiro atoms. The van der Waals surface area contributed by atoms with Gasteiger partial charge in [0.05, 0.1) is 17.6 Å². The van der Waals surface area contributed by atoms with Crippen molar-refractivity contribution in [1.29, 1.82) is 0 Å². The van der Waals surface area contributed by atoms with Crippen LogP contribution in [0.15, 0.2) is 24.3 Å². The zero-order valence-corrected chi connectivity index (χ0v) is 13.1. The van der Waals surface area contributed by atoms with Crippen LogP contribution in [0.3, 0.4) is 0 Å². The van der Waals surface area contributed by atoms with E-state index in [1.807, 2.05) is 7.05 Å². The minimum atomic E-state index is -2.62. The van der Waals surface area contributed by atoms with Crippen molar-refractivity contribution in [1.82, 2.24) is 4.90 Å². The number of likely N-dealkylation sites (N-methyl/N-ethyl adjacent to an activating group) is 1. The molecule has 1 aromatic carbocycles. The summed E-state index contributed by atoms with van der Waals surface area (Å²) in [4.78, 5) is 12.7. The fourth-order valence-electron chi connectivity index (χ4n) is 2.00. The summed E-state index contributed by atoms with van der Waals surface area (Å²) in [6.07, 6.45) is 0.0727. The Morgan fingerprint density at radius 2 is 2.14 bits per heavy atom. The van der Waals surface area contributed by atoms with Gasteiger partial charge in [-0.2, -0.15) is 0 Å². The highest BCUT2D eigenvalue weighted by Gasteiger charge is 2.19. The normalized spacial score (nSPS) is 18.4. The molecule has 1 atom stereocenters. The number of nitrogens with two attached hydrogens (primary N) is 1. The number of thiol groups is 1. The Morgan fingerprint density at radius 1 is 1.50 bits per heavy atom. The molecule has 1 aromatic rings. The molecule has 1 saturated heterocycles. The Kier molecular flexibility index (Phi) is 7.74. The number of hydrogen-bond donors (Lipinski definition) is 3. The van der Waals surface area contributed by atoms with E-state index in [2.05, 4.69) is 15.4 Å². The second kappa shape index (κ2) is 9.30. The average molecular weight is 332 g/mol. The summed E-state index contributed by atoms with van der Waals surface area (Å²) in [6, 6.07) is 6.65. The van der Waals surface area contributed by atoms with Gasteiger partial charge in [0, 0.05) is 25.7 Å². The van der Waals surface area contributed by atoms with Crippen LogP contribution in [0.1, 0.15) is 0 Å². The van der Waals surface area contributed by atoms with Crippen LogP contribution < -0.4 is 10.5 Å². The topological polar surface area (TPSA) is 128 Å². The highest BCUT2D eigenvalue weighted by molar-refractivity contribution is 7.69. The van der Waals surface area contributed by atoms with E-state index >= 15 is 0 Å². The number of ether oxygens (including phenoxy) is 1. The van der Waals surface area contributed by atoms with E-state index in [4.69, 9.17) is 13.2 Å². The van der Waals surface area contributed by atoms with Crippen molar-refractivity contribution in [3.05, 3.63) is 34.4 Å².